The first kappa shape index (κ1) is 8.56. The number of pyridine rings is 2. The van der Waals surface area contributed by atoms with Crippen molar-refractivity contribution in [2.75, 3.05) is 0 Å². The number of aromatic nitrogens is 2. The Balaban J connectivity index is 2.22. The van der Waals surface area contributed by atoms with E-state index in [9.17, 15) is 0 Å². The maximum absolute atomic E-state index is 4.40. The summed E-state index contributed by atoms with van der Waals surface area (Å²) in [4.78, 5) is 8.50. The molecule has 0 aliphatic rings. The van der Waals surface area contributed by atoms with Crippen LogP contribution in [-0.4, -0.2) is 9.97 Å². The van der Waals surface area contributed by atoms with Gasteiger partial charge in [-0.05, 0) is 34.5 Å². The molecular formula is C12H8N2S. The van der Waals surface area contributed by atoms with Crippen molar-refractivity contribution in [1.82, 2.24) is 9.97 Å². The predicted molar refractivity (Wildman–Crippen MR) is 62.9 cm³/mol. The van der Waals surface area contributed by atoms with Gasteiger partial charge in [0.15, 0.2) is 0 Å². The van der Waals surface area contributed by atoms with Crippen molar-refractivity contribution in [2.45, 2.75) is 0 Å². The minimum absolute atomic E-state index is 0.990. The Labute approximate surface area is 91.2 Å². The Morgan fingerprint density at radius 1 is 1.07 bits per heavy atom. The second kappa shape index (κ2) is 3.44. The monoisotopic (exact) mass is 212 g/mol. The molecule has 3 rings (SSSR count). The summed E-state index contributed by atoms with van der Waals surface area (Å²) in [5, 5.41) is 5.28. The summed E-state index contributed by atoms with van der Waals surface area (Å²) >= 11 is 1.70. The van der Waals surface area contributed by atoms with Crippen LogP contribution >= 0.6 is 11.3 Å². The van der Waals surface area contributed by atoms with Crippen molar-refractivity contribution in [2.24, 2.45) is 0 Å². The Kier molecular flexibility index (Phi) is 1.96. The third-order valence-electron chi connectivity index (χ3n) is 2.34. The molecule has 0 radical (unpaired) electrons. The fraction of sp³-hybridized carbons (Fsp3) is 0. The first-order chi connectivity index (χ1) is 7.43. The molecule has 0 fully saturated rings. The van der Waals surface area contributed by atoms with Crippen LogP contribution in [0.3, 0.4) is 0 Å². The molecule has 2 nitrogen and oxygen atoms in total. The zero-order valence-corrected chi connectivity index (χ0v) is 8.74. The van der Waals surface area contributed by atoms with Crippen LogP contribution in [0.15, 0.2) is 47.5 Å². The van der Waals surface area contributed by atoms with Crippen LogP contribution in [0.1, 0.15) is 0 Å². The van der Waals surface area contributed by atoms with Gasteiger partial charge in [0, 0.05) is 29.5 Å². The lowest BCUT2D eigenvalue weighted by atomic mass is 10.1. The lowest BCUT2D eigenvalue weighted by Crippen LogP contribution is -1.82. The number of nitrogens with zero attached hydrogens (tertiary/aromatic N) is 2. The second-order valence-corrected chi connectivity index (χ2v) is 4.08. The zero-order chi connectivity index (χ0) is 10.1. The molecule has 0 unspecified atom stereocenters. The molecule has 0 atom stereocenters. The van der Waals surface area contributed by atoms with E-state index in [0.29, 0.717) is 0 Å². The highest BCUT2D eigenvalue weighted by molar-refractivity contribution is 7.08. The average molecular weight is 212 g/mol. The molecule has 3 aromatic heterocycles. The highest BCUT2D eigenvalue weighted by Crippen LogP contribution is 2.23. The van der Waals surface area contributed by atoms with Gasteiger partial charge in [-0.15, -0.1) is 0 Å². The average Bonchev–Trinajstić information content (AvgIpc) is 2.82. The Hall–Kier alpha value is -1.74. The van der Waals surface area contributed by atoms with Crippen LogP contribution in [-0.2, 0) is 0 Å². The van der Waals surface area contributed by atoms with Gasteiger partial charge < -0.3 is 0 Å². The number of rotatable bonds is 1. The molecule has 0 saturated heterocycles. The third kappa shape index (κ3) is 1.51. The van der Waals surface area contributed by atoms with Gasteiger partial charge in [-0.2, -0.15) is 11.3 Å². The van der Waals surface area contributed by atoms with Crippen molar-refractivity contribution in [3.05, 3.63) is 47.5 Å². The van der Waals surface area contributed by atoms with Crippen molar-refractivity contribution in [1.29, 1.82) is 0 Å². The van der Waals surface area contributed by atoms with Gasteiger partial charge in [-0.1, -0.05) is 0 Å². The van der Waals surface area contributed by atoms with E-state index >= 15 is 0 Å². The van der Waals surface area contributed by atoms with Crippen molar-refractivity contribution in [3.8, 4) is 11.1 Å². The molecule has 3 heteroatoms. The molecule has 0 N–H and O–H groups in total. The normalized spacial score (nSPS) is 10.7. The van der Waals surface area contributed by atoms with E-state index in [2.05, 4.69) is 32.9 Å². The lowest BCUT2D eigenvalue weighted by Gasteiger charge is -1.99. The topological polar surface area (TPSA) is 25.8 Å². The first-order valence-electron chi connectivity index (χ1n) is 4.66. The van der Waals surface area contributed by atoms with Crippen LogP contribution in [0, 0.1) is 0 Å². The molecule has 0 aromatic carbocycles. The van der Waals surface area contributed by atoms with Gasteiger partial charge in [0.2, 0.25) is 0 Å². The number of thiophene rings is 1. The van der Waals surface area contributed by atoms with E-state index in [4.69, 9.17) is 0 Å². The van der Waals surface area contributed by atoms with Gasteiger partial charge in [0.1, 0.15) is 0 Å². The summed E-state index contributed by atoms with van der Waals surface area (Å²) < 4.78 is 0. The number of hydrogen-bond donors (Lipinski definition) is 0. The molecule has 0 spiro atoms. The maximum atomic E-state index is 4.40. The minimum atomic E-state index is 0.990. The summed E-state index contributed by atoms with van der Waals surface area (Å²) in [5.74, 6) is 0. The highest BCUT2D eigenvalue weighted by atomic mass is 32.1. The molecule has 72 valence electrons. The van der Waals surface area contributed by atoms with Gasteiger partial charge in [0.05, 0.1) is 5.52 Å². The molecule has 3 heterocycles. The fourth-order valence-corrected chi connectivity index (χ4v) is 2.22. The van der Waals surface area contributed by atoms with Crippen LogP contribution in [0.5, 0.6) is 0 Å². The van der Waals surface area contributed by atoms with Crippen LogP contribution in [0.4, 0.5) is 0 Å². The molecule has 0 bridgehead atoms. The molecule has 3 aromatic rings. The van der Waals surface area contributed by atoms with Gasteiger partial charge in [-0.3, -0.25) is 9.97 Å². The molecule has 0 aliphatic heterocycles. The molecular weight excluding hydrogens is 204 g/mol. The Morgan fingerprint density at radius 3 is 2.93 bits per heavy atom. The molecule has 0 aliphatic carbocycles. The van der Waals surface area contributed by atoms with Crippen molar-refractivity contribution in [3.63, 3.8) is 0 Å². The summed E-state index contributed by atoms with van der Waals surface area (Å²) in [6.07, 6.45) is 5.52. The van der Waals surface area contributed by atoms with Crippen LogP contribution in [0.2, 0.25) is 0 Å². The minimum Gasteiger partial charge on any atom is -0.264 e. The van der Waals surface area contributed by atoms with Crippen LogP contribution in [0.25, 0.3) is 22.0 Å². The van der Waals surface area contributed by atoms with Crippen LogP contribution < -0.4 is 0 Å². The number of fused-ring (bicyclic) bond motifs is 1. The largest absolute Gasteiger partial charge is 0.264 e. The Bertz CT molecular complexity index is 587. The standard InChI is InChI=1S/C12H8N2S/c1-3-13-6-11-5-10(7-14-12(1)11)9-2-4-15-8-9/h1-8H. The second-order valence-electron chi connectivity index (χ2n) is 3.30. The quantitative estimate of drug-likeness (QED) is 0.618. The predicted octanol–water partition coefficient (Wildman–Crippen LogP) is 3.36. The Morgan fingerprint density at radius 2 is 2.07 bits per heavy atom. The van der Waals surface area contributed by atoms with Gasteiger partial charge in [0.25, 0.3) is 0 Å². The van der Waals surface area contributed by atoms with E-state index in [1.807, 2.05) is 18.5 Å². The molecule has 0 saturated carbocycles. The zero-order valence-electron chi connectivity index (χ0n) is 7.92. The third-order valence-corrected chi connectivity index (χ3v) is 3.02. The summed E-state index contributed by atoms with van der Waals surface area (Å²) in [7, 11) is 0. The highest BCUT2D eigenvalue weighted by Gasteiger charge is 2.00. The van der Waals surface area contributed by atoms with E-state index in [1.54, 1.807) is 17.5 Å². The lowest BCUT2D eigenvalue weighted by molar-refractivity contribution is 1.33. The maximum Gasteiger partial charge on any atom is 0.0733 e. The summed E-state index contributed by atoms with van der Waals surface area (Å²) in [6.45, 7) is 0. The summed E-state index contributed by atoms with van der Waals surface area (Å²) in [6, 6.07) is 6.15. The van der Waals surface area contributed by atoms with Crippen molar-refractivity contribution < 1.29 is 0 Å². The van der Waals surface area contributed by atoms with E-state index in [1.165, 1.54) is 5.56 Å². The van der Waals surface area contributed by atoms with E-state index in [-0.39, 0.29) is 0 Å². The van der Waals surface area contributed by atoms with Gasteiger partial charge in [-0.25, -0.2) is 0 Å². The van der Waals surface area contributed by atoms with E-state index in [0.717, 1.165) is 16.5 Å². The fourth-order valence-electron chi connectivity index (χ4n) is 1.56. The van der Waals surface area contributed by atoms with Gasteiger partial charge >= 0.3 is 0 Å². The number of hydrogen-bond acceptors (Lipinski definition) is 3. The SMILES string of the molecule is c1cc2ncc(-c3ccsc3)cc2cn1. The molecule has 0 amide bonds. The van der Waals surface area contributed by atoms with E-state index < -0.39 is 0 Å². The van der Waals surface area contributed by atoms with Crippen molar-refractivity contribution >= 4 is 22.2 Å². The molecule has 15 heavy (non-hydrogen) atoms. The summed E-state index contributed by atoms with van der Waals surface area (Å²) in [5.41, 5.74) is 3.36. The smallest absolute Gasteiger partial charge is 0.0733 e. The first-order valence-corrected chi connectivity index (χ1v) is 5.60.